The molecule has 10 heteroatoms. The van der Waals surface area contributed by atoms with E-state index >= 15 is 0 Å². The first kappa shape index (κ1) is 14.9. The molecule has 0 aromatic carbocycles. The zero-order valence-corrected chi connectivity index (χ0v) is 9.23. The number of amides is 1. The number of rotatable bonds is 3. The molecule has 0 atom stereocenters. The van der Waals surface area contributed by atoms with Crippen LogP contribution in [0.1, 0.15) is 16.2 Å². The number of carboxylic acids is 1. The minimum atomic E-state index is -6.06. The Balaban J connectivity index is 3.04. The number of carboxylic acid groups (broad SMARTS) is 1. The van der Waals surface area contributed by atoms with Crippen molar-refractivity contribution in [3.63, 3.8) is 0 Å². The van der Waals surface area contributed by atoms with Crippen LogP contribution in [0.5, 0.6) is 0 Å². The van der Waals surface area contributed by atoms with Crippen molar-refractivity contribution >= 4 is 17.6 Å². The smallest absolute Gasteiger partial charge is 0.463 e. The lowest BCUT2D eigenvalue weighted by atomic mass is 10.2. The summed E-state index contributed by atoms with van der Waals surface area (Å²) in [6.07, 6.45) is -6.06. The third kappa shape index (κ3) is 2.83. The average molecular weight is 286 g/mol. The van der Waals surface area contributed by atoms with Crippen LogP contribution in [-0.4, -0.2) is 34.1 Å². The molecule has 1 rings (SSSR count). The number of aromatic nitrogens is 1. The predicted molar refractivity (Wildman–Crippen MR) is 52.1 cm³/mol. The fourth-order valence-electron chi connectivity index (χ4n) is 1.19. The fraction of sp³-hybridized carbons (Fsp3) is 0.333. The van der Waals surface area contributed by atoms with Gasteiger partial charge in [0.2, 0.25) is 0 Å². The highest BCUT2D eigenvalue weighted by Gasteiger charge is 2.63. The fourth-order valence-corrected chi connectivity index (χ4v) is 1.19. The number of carbonyl (C=O) groups excluding carboxylic acids is 1. The van der Waals surface area contributed by atoms with Crippen molar-refractivity contribution in [2.75, 3.05) is 5.32 Å². The topological polar surface area (TPSA) is 82.2 Å². The van der Waals surface area contributed by atoms with Gasteiger partial charge >= 0.3 is 24.0 Å². The van der Waals surface area contributed by atoms with Gasteiger partial charge in [-0.2, -0.15) is 22.0 Å². The monoisotopic (exact) mass is 286 g/mol. The van der Waals surface area contributed by atoms with E-state index in [9.17, 15) is 31.5 Å². The van der Waals surface area contributed by atoms with Crippen LogP contribution in [0.25, 0.3) is 0 Å². The molecule has 5 nitrogen and oxygen atoms in total. The van der Waals surface area contributed by atoms with Crippen LogP contribution < -0.4 is 5.32 Å². The second-order valence-electron chi connectivity index (χ2n) is 3.57. The molecule has 0 bridgehead atoms. The summed E-state index contributed by atoms with van der Waals surface area (Å²) in [6.45, 7) is 1.34. The van der Waals surface area contributed by atoms with E-state index < -0.39 is 35.4 Å². The number of anilines is 1. The van der Waals surface area contributed by atoms with E-state index in [1.807, 2.05) is 0 Å². The number of aromatic carboxylic acids is 1. The summed E-state index contributed by atoms with van der Waals surface area (Å²) in [5, 5.41) is 9.90. The van der Waals surface area contributed by atoms with Gasteiger partial charge in [0.05, 0.1) is 5.69 Å². The summed E-state index contributed by atoms with van der Waals surface area (Å²) >= 11 is 0. The van der Waals surface area contributed by atoms with Crippen LogP contribution >= 0.6 is 0 Å². The molecule has 106 valence electrons. The van der Waals surface area contributed by atoms with Gasteiger partial charge in [0, 0.05) is 5.69 Å². The molecule has 0 aliphatic carbocycles. The minimum absolute atomic E-state index is 0.169. The van der Waals surface area contributed by atoms with Crippen LogP contribution in [0.2, 0.25) is 0 Å². The number of aryl methyl sites for hydroxylation is 1. The van der Waals surface area contributed by atoms with Crippen LogP contribution in [0, 0.1) is 6.92 Å². The van der Waals surface area contributed by atoms with E-state index in [1.54, 1.807) is 0 Å². The van der Waals surface area contributed by atoms with Crippen LogP contribution in [0.3, 0.4) is 0 Å². The van der Waals surface area contributed by atoms with E-state index in [-0.39, 0.29) is 5.69 Å². The highest BCUT2D eigenvalue weighted by atomic mass is 19.4. The molecule has 1 aromatic heterocycles. The van der Waals surface area contributed by atoms with Crippen molar-refractivity contribution in [2.24, 2.45) is 0 Å². The average Bonchev–Trinajstić information content (AvgIpc) is 2.57. The van der Waals surface area contributed by atoms with E-state index in [0.29, 0.717) is 0 Å². The molecular weight excluding hydrogens is 279 g/mol. The molecule has 0 radical (unpaired) electrons. The van der Waals surface area contributed by atoms with Crippen molar-refractivity contribution in [2.45, 2.75) is 19.0 Å². The standard InChI is InChI=1S/C9H7F5N2O3/c1-3-2-4(5(15-3)6(17)18)16-7(19)8(10,11)9(12,13)14/h2,15H,1H3,(H,16,19)(H,17,18). The Morgan fingerprint density at radius 1 is 1.26 bits per heavy atom. The van der Waals surface area contributed by atoms with Gasteiger partial charge in [0.25, 0.3) is 0 Å². The number of halogens is 5. The highest BCUT2D eigenvalue weighted by molar-refractivity contribution is 6.02. The molecule has 0 fully saturated rings. The summed E-state index contributed by atoms with van der Waals surface area (Å²) in [4.78, 5) is 23.7. The Hall–Kier alpha value is -2.13. The molecule has 0 spiro atoms. The molecule has 1 aromatic rings. The van der Waals surface area contributed by atoms with Gasteiger partial charge in [-0.05, 0) is 13.0 Å². The molecule has 0 saturated carbocycles. The third-order valence-corrected chi connectivity index (χ3v) is 2.06. The number of nitrogens with one attached hydrogen (secondary N) is 2. The molecule has 1 amide bonds. The van der Waals surface area contributed by atoms with Crippen LogP contribution in [-0.2, 0) is 4.79 Å². The molecule has 19 heavy (non-hydrogen) atoms. The summed E-state index contributed by atoms with van der Waals surface area (Å²) < 4.78 is 61.1. The maximum absolute atomic E-state index is 12.7. The lowest BCUT2D eigenvalue weighted by Crippen LogP contribution is -2.47. The molecule has 0 aliphatic rings. The highest BCUT2D eigenvalue weighted by Crippen LogP contribution is 2.36. The van der Waals surface area contributed by atoms with Gasteiger partial charge in [0.1, 0.15) is 5.69 Å². The van der Waals surface area contributed by atoms with E-state index in [2.05, 4.69) is 4.98 Å². The van der Waals surface area contributed by atoms with E-state index in [4.69, 9.17) is 5.11 Å². The lowest BCUT2D eigenvalue weighted by molar-refractivity contribution is -0.267. The Morgan fingerprint density at radius 3 is 2.21 bits per heavy atom. The van der Waals surface area contributed by atoms with Gasteiger partial charge in [-0.3, -0.25) is 4.79 Å². The maximum atomic E-state index is 12.7. The zero-order valence-electron chi connectivity index (χ0n) is 9.23. The second-order valence-corrected chi connectivity index (χ2v) is 3.57. The van der Waals surface area contributed by atoms with Gasteiger partial charge in [-0.1, -0.05) is 0 Å². The van der Waals surface area contributed by atoms with Crippen LogP contribution in [0.15, 0.2) is 6.07 Å². The number of alkyl halides is 5. The number of hydrogen-bond acceptors (Lipinski definition) is 2. The van der Waals surface area contributed by atoms with Gasteiger partial charge < -0.3 is 15.4 Å². The van der Waals surface area contributed by atoms with Crippen molar-refractivity contribution < 1.29 is 36.6 Å². The number of H-pyrrole nitrogens is 1. The Kier molecular flexibility index (Phi) is 3.55. The Morgan fingerprint density at radius 2 is 1.79 bits per heavy atom. The maximum Gasteiger partial charge on any atom is 0.463 e. The summed E-state index contributed by atoms with van der Waals surface area (Å²) in [6, 6.07) is 0.924. The number of aromatic amines is 1. The molecular formula is C9H7F5N2O3. The molecule has 0 saturated heterocycles. The normalized spacial score (nSPS) is 12.3. The first-order chi connectivity index (χ1) is 8.46. The molecule has 1 heterocycles. The van der Waals surface area contributed by atoms with Gasteiger partial charge in [0.15, 0.2) is 0 Å². The lowest BCUT2D eigenvalue weighted by Gasteiger charge is -2.18. The van der Waals surface area contributed by atoms with Crippen molar-refractivity contribution in [1.29, 1.82) is 0 Å². The Bertz CT molecular complexity index is 520. The largest absolute Gasteiger partial charge is 0.477 e. The van der Waals surface area contributed by atoms with E-state index in [0.717, 1.165) is 6.07 Å². The molecule has 3 N–H and O–H groups in total. The van der Waals surface area contributed by atoms with Crippen molar-refractivity contribution in [1.82, 2.24) is 4.98 Å². The quantitative estimate of drug-likeness (QED) is 0.745. The van der Waals surface area contributed by atoms with Gasteiger partial charge in [-0.25, -0.2) is 4.79 Å². The third-order valence-electron chi connectivity index (χ3n) is 2.06. The van der Waals surface area contributed by atoms with Crippen molar-refractivity contribution in [3.8, 4) is 0 Å². The number of carbonyl (C=O) groups is 2. The summed E-state index contributed by atoms with van der Waals surface area (Å²) in [7, 11) is 0. The molecule has 0 aliphatic heterocycles. The SMILES string of the molecule is Cc1cc(NC(=O)C(F)(F)C(F)(F)F)c(C(=O)O)[nH]1. The second kappa shape index (κ2) is 4.52. The summed E-state index contributed by atoms with van der Waals surface area (Å²) in [5.41, 5.74) is -1.19. The van der Waals surface area contributed by atoms with Gasteiger partial charge in [-0.15, -0.1) is 0 Å². The van der Waals surface area contributed by atoms with Crippen molar-refractivity contribution in [3.05, 3.63) is 17.5 Å². The summed E-state index contributed by atoms with van der Waals surface area (Å²) in [5.74, 6) is -9.88. The molecule has 0 unspecified atom stereocenters. The zero-order chi connectivity index (χ0) is 15.0. The first-order valence-corrected chi connectivity index (χ1v) is 4.65. The van der Waals surface area contributed by atoms with Crippen LogP contribution in [0.4, 0.5) is 27.6 Å². The Labute approximate surface area is 102 Å². The minimum Gasteiger partial charge on any atom is -0.477 e. The first-order valence-electron chi connectivity index (χ1n) is 4.65. The van der Waals surface area contributed by atoms with E-state index in [1.165, 1.54) is 12.2 Å². The predicted octanol–water partition coefficient (Wildman–Crippen LogP) is 2.16. The number of hydrogen-bond donors (Lipinski definition) is 3.